The van der Waals surface area contributed by atoms with Gasteiger partial charge in [0.15, 0.2) is 0 Å². The van der Waals surface area contributed by atoms with Gasteiger partial charge in [0.25, 0.3) is 0 Å². The molecule has 13 rings (SSSR count). The molecule has 10 aromatic rings. The fourth-order valence-corrected chi connectivity index (χ4v) is 10.7. The Bertz CT molecular complexity index is 3420. The van der Waals surface area contributed by atoms with E-state index in [1.807, 2.05) is 6.07 Å². The van der Waals surface area contributed by atoms with E-state index in [-0.39, 0.29) is 0 Å². The minimum absolute atomic E-state index is 0.619. The molecule has 0 saturated carbocycles. The molecular weight excluding hydrogens is 739 g/mol. The van der Waals surface area contributed by atoms with Gasteiger partial charge in [-0.25, -0.2) is 0 Å². The Hall–Kier alpha value is -7.94. The van der Waals surface area contributed by atoms with Crippen molar-refractivity contribution in [2.75, 3.05) is 4.90 Å². The molecular formula is C59H37NO. The highest BCUT2D eigenvalue weighted by atomic mass is 16.5. The smallest absolute Gasteiger partial charge is 0.135 e. The van der Waals surface area contributed by atoms with Crippen molar-refractivity contribution in [1.29, 1.82) is 0 Å². The zero-order valence-electron chi connectivity index (χ0n) is 33.2. The largest absolute Gasteiger partial charge is 0.456 e. The summed E-state index contributed by atoms with van der Waals surface area (Å²) in [6, 6.07) is 82.6. The van der Waals surface area contributed by atoms with Crippen LogP contribution < -0.4 is 9.64 Å². The molecule has 61 heavy (non-hydrogen) atoms. The quantitative estimate of drug-likeness (QED) is 0.177. The molecule has 2 nitrogen and oxygen atoms in total. The Kier molecular flexibility index (Phi) is 7.26. The van der Waals surface area contributed by atoms with Crippen LogP contribution in [0.5, 0.6) is 11.5 Å². The number of anilines is 3. The number of para-hydroxylation sites is 2. The monoisotopic (exact) mass is 775 g/mol. The number of fused-ring (bicyclic) bond motifs is 18. The number of nitrogens with zero attached hydrogens (tertiary/aromatic N) is 1. The summed E-state index contributed by atoms with van der Waals surface area (Å²) in [7, 11) is 0. The Labute approximate surface area is 355 Å². The van der Waals surface area contributed by atoms with Gasteiger partial charge >= 0.3 is 0 Å². The first-order chi connectivity index (χ1) is 30.3. The molecule has 2 aliphatic carbocycles. The normalized spacial score (nSPS) is 14.8. The molecule has 284 valence electrons. The molecule has 0 N–H and O–H groups in total. The van der Waals surface area contributed by atoms with Crippen molar-refractivity contribution in [3.63, 3.8) is 0 Å². The number of ether oxygens (including phenoxy) is 1. The molecule has 0 bridgehead atoms. The standard InChI is InChI=1S/C59H37NO/c1-2-18-40(19-3-1)60(41-31-33-58-52(36-41)46-23-9-8-22-45(46)50-26-12-15-29-57(50)61-58)42-30-32-49-44-21-7-6-20-43(44)47-24-10-13-27-53(47)59(56(49)37-42)54-28-14-11-25-48(54)51-34-38-16-4-5-17-39(38)35-55(51)59/h1-37H. The number of benzene rings is 10. The predicted molar refractivity (Wildman–Crippen MR) is 251 cm³/mol. The average Bonchev–Trinajstić information content (AvgIpc) is 3.45. The molecule has 1 aliphatic heterocycles. The van der Waals surface area contributed by atoms with Crippen LogP contribution in [-0.4, -0.2) is 0 Å². The molecule has 1 atom stereocenters. The second-order valence-electron chi connectivity index (χ2n) is 16.4. The molecule has 0 aromatic heterocycles. The SMILES string of the molecule is c1ccc(N(c2ccc3c(c2)-c2ccccc2-c2ccccc2O3)c2ccc3c(c2)C2(c4ccccc4-c4ccccc4-3)c3ccccc3-c3cc4ccccc4cc32)cc1. The van der Waals surface area contributed by atoms with Gasteiger partial charge in [-0.1, -0.05) is 164 Å². The Morgan fingerprint density at radius 3 is 1.43 bits per heavy atom. The molecule has 0 fully saturated rings. The third kappa shape index (κ3) is 4.85. The Morgan fingerprint density at radius 1 is 0.262 bits per heavy atom. The summed E-state index contributed by atoms with van der Waals surface area (Å²) < 4.78 is 6.73. The van der Waals surface area contributed by atoms with Gasteiger partial charge in [-0.3, -0.25) is 0 Å². The Balaban J connectivity index is 1.12. The summed E-state index contributed by atoms with van der Waals surface area (Å²) in [6.45, 7) is 0. The summed E-state index contributed by atoms with van der Waals surface area (Å²) in [5.74, 6) is 1.71. The van der Waals surface area contributed by atoms with Crippen LogP contribution in [0.1, 0.15) is 22.3 Å². The summed E-state index contributed by atoms with van der Waals surface area (Å²) in [5.41, 5.74) is 19.8. The zero-order chi connectivity index (χ0) is 40.1. The lowest BCUT2D eigenvalue weighted by molar-refractivity contribution is 0.488. The van der Waals surface area contributed by atoms with Crippen LogP contribution >= 0.6 is 0 Å². The first kappa shape index (κ1) is 34.0. The summed E-state index contributed by atoms with van der Waals surface area (Å²) in [5, 5.41) is 2.49. The fourth-order valence-electron chi connectivity index (χ4n) is 10.7. The van der Waals surface area contributed by atoms with E-state index in [1.54, 1.807) is 0 Å². The van der Waals surface area contributed by atoms with Gasteiger partial charge in [0, 0.05) is 28.2 Å². The molecule has 1 heterocycles. The minimum atomic E-state index is -0.619. The molecule has 1 unspecified atom stereocenters. The third-order valence-electron chi connectivity index (χ3n) is 13.3. The molecule has 3 aliphatic rings. The summed E-state index contributed by atoms with van der Waals surface area (Å²) in [6.07, 6.45) is 0. The van der Waals surface area contributed by atoms with E-state index >= 15 is 0 Å². The van der Waals surface area contributed by atoms with Crippen LogP contribution in [0.15, 0.2) is 224 Å². The molecule has 2 heteroatoms. The molecule has 0 radical (unpaired) electrons. The van der Waals surface area contributed by atoms with Gasteiger partial charge < -0.3 is 9.64 Å². The fraction of sp³-hybridized carbons (Fsp3) is 0.0169. The number of rotatable bonds is 3. The van der Waals surface area contributed by atoms with Crippen LogP contribution in [0.3, 0.4) is 0 Å². The van der Waals surface area contributed by atoms with Gasteiger partial charge in [0.2, 0.25) is 0 Å². The van der Waals surface area contributed by atoms with Crippen molar-refractivity contribution in [2.45, 2.75) is 5.41 Å². The maximum Gasteiger partial charge on any atom is 0.135 e. The van der Waals surface area contributed by atoms with Crippen LogP contribution in [-0.2, 0) is 5.41 Å². The van der Waals surface area contributed by atoms with E-state index in [1.165, 1.54) is 66.4 Å². The minimum Gasteiger partial charge on any atom is -0.456 e. The van der Waals surface area contributed by atoms with Gasteiger partial charge in [-0.15, -0.1) is 0 Å². The first-order valence-electron chi connectivity index (χ1n) is 21.1. The van der Waals surface area contributed by atoms with Crippen molar-refractivity contribution in [2.24, 2.45) is 0 Å². The van der Waals surface area contributed by atoms with Gasteiger partial charge in [-0.05, 0) is 138 Å². The topological polar surface area (TPSA) is 12.5 Å². The summed E-state index contributed by atoms with van der Waals surface area (Å²) >= 11 is 0. The lowest BCUT2D eigenvalue weighted by Crippen LogP contribution is -2.29. The zero-order valence-corrected chi connectivity index (χ0v) is 33.2. The van der Waals surface area contributed by atoms with Crippen molar-refractivity contribution in [3.05, 3.63) is 247 Å². The second kappa shape index (κ2) is 13.0. The highest BCUT2D eigenvalue weighted by Gasteiger charge is 2.50. The summed E-state index contributed by atoms with van der Waals surface area (Å²) in [4.78, 5) is 2.42. The number of hydrogen-bond acceptors (Lipinski definition) is 2. The van der Waals surface area contributed by atoms with Crippen molar-refractivity contribution in [1.82, 2.24) is 0 Å². The number of hydrogen-bond donors (Lipinski definition) is 0. The first-order valence-corrected chi connectivity index (χ1v) is 21.1. The van der Waals surface area contributed by atoms with E-state index < -0.39 is 5.41 Å². The van der Waals surface area contributed by atoms with E-state index in [4.69, 9.17) is 4.74 Å². The van der Waals surface area contributed by atoms with Crippen LogP contribution in [0, 0.1) is 0 Å². The van der Waals surface area contributed by atoms with Gasteiger partial charge in [-0.2, -0.15) is 0 Å². The molecule has 0 amide bonds. The predicted octanol–water partition coefficient (Wildman–Crippen LogP) is 15.8. The molecule has 10 aromatic carbocycles. The maximum atomic E-state index is 6.73. The van der Waals surface area contributed by atoms with Crippen LogP contribution in [0.4, 0.5) is 17.1 Å². The third-order valence-corrected chi connectivity index (χ3v) is 13.3. The van der Waals surface area contributed by atoms with Crippen molar-refractivity contribution < 1.29 is 4.74 Å². The highest BCUT2D eigenvalue weighted by Crippen LogP contribution is 2.62. The average molecular weight is 776 g/mol. The van der Waals surface area contributed by atoms with E-state index in [2.05, 4.69) is 223 Å². The molecule has 0 saturated heterocycles. The van der Waals surface area contributed by atoms with E-state index in [0.717, 1.165) is 50.8 Å². The maximum absolute atomic E-state index is 6.73. The molecule has 1 spiro atoms. The van der Waals surface area contributed by atoms with Crippen LogP contribution in [0.25, 0.3) is 66.4 Å². The Morgan fingerprint density at radius 2 is 0.721 bits per heavy atom. The van der Waals surface area contributed by atoms with Crippen molar-refractivity contribution in [3.8, 4) is 67.1 Å². The van der Waals surface area contributed by atoms with Gasteiger partial charge in [0.1, 0.15) is 11.5 Å². The van der Waals surface area contributed by atoms with Crippen LogP contribution in [0.2, 0.25) is 0 Å². The van der Waals surface area contributed by atoms with Crippen molar-refractivity contribution >= 4 is 27.8 Å². The van der Waals surface area contributed by atoms with E-state index in [9.17, 15) is 0 Å². The van der Waals surface area contributed by atoms with E-state index in [0.29, 0.717) is 0 Å². The lowest BCUT2D eigenvalue weighted by Gasteiger charge is -2.36. The highest BCUT2D eigenvalue weighted by molar-refractivity contribution is 6.01. The second-order valence-corrected chi connectivity index (χ2v) is 16.4. The lowest BCUT2D eigenvalue weighted by atomic mass is 9.65. The van der Waals surface area contributed by atoms with Gasteiger partial charge in [0.05, 0.1) is 5.41 Å².